The largest absolute Gasteiger partial charge is 0.271 e. The highest BCUT2D eigenvalue weighted by molar-refractivity contribution is 9.10. The van der Waals surface area contributed by atoms with Crippen molar-refractivity contribution in [2.45, 2.75) is 18.2 Å². The number of nitrogens with zero attached hydrogens (tertiary/aromatic N) is 1. The summed E-state index contributed by atoms with van der Waals surface area (Å²) in [4.78, 5) is 16.1. The fourth-order valence-electron chi connectivity index (χ4n) is 0.905. The van der Waals surface area contributed by atoms with Crippen LogP contribution >= 0.6 is 15.9 Å². The van der Waals surface area contributed by atoms with Gasteiger partial charge in [0.15, 0.2) is 0 Å². The number of amides is 1. The van der Waals surface area contributed by atoms with Gasteiger partial charge in [-0.2, -0.15) is 0 Å². The lowest BCUT2D eigenvalue weighted by Gasteiger charge is -2.12. The summed E-state index contributed by atoms with van der Waals surface area (Å²) in [5.41, 5.74) is 0. The standard InChI is InChI=1S/C6H10BrNO2/c1-2-10-8-4-3-5(7)6(8)9/h5H,2-4H2,1H3. The fraction of sp³-hybridized carbons (Fsp3) is 0.833. The van der Waals surface area contributed by atoms with Crippen molar-refractivity contribution < 1.29 is 9.63 Å². The van der Waals surface area contributed by atoms with E-state index in [9.17, 15) is 4.79 Å². The molecule has 10 heavy (non-hydrogen) atoms. The molecule has 1 fully saturated rings. The van der Waals surface area contributed by atoms with Crippen LogP contribution in [0.2, 0.25) is 0 Å². The molecule has 1 rings (SSSR count). The van der Waals surface area contributed by atoms with Crippen molar-refractivity contribution in [2.24, 2.45) is 0 Å². The number of rotatable bonds is 2. The van der Waals surface area contributed by atoms with Crippen LogP contribution in [0.15, 0.2) is 0 Å². The maximum atomic E-state index is 11.0. The average Bonchev–Trinajstić information content (AvgIpc) is 2.20. The number of carbonyl (C=O) groups is 1. The van der Waals surface area contributed by atoms with Crippen LogP contribution < -0.4 is 0 Å². The van der Waals surface area contributed by atoms with E-state index in [2.05, 4.69) is 15.9 Å². The zero-order valence-electron chi connectivity index (χ0n) is 5.84. The highest BCUT2D eigenvalue weighted by atomic mass is 79.9. The Morgan fingerprint density at radius 2 is 2.60 bits per heavy atom. The molecule has 1 heterocycles. The van der Waals surface area contributed by atoms with Gasteiger partial charge in [-0.05, 0) is 13.3 Å². The van der Waals surface area contributed by atoms with Gasteiger partial charge in [-0.15, -0.1) is 0 Å². The minimum Gasteiger partial charge on any atom is -0.271 e. The van der Waals surface area contributed by atoms with Crippen LogP contribution in [0.4, 0.5) is 0 Å². The summed E-state index contributed by atoms with van der Waals surface area (Å²) in [6.07, 6.45) is 0.846. The molecule has 0 aromatic heterocycles. The van der Waals surface area contributed by atoms with Crippen molar-refractivity contribution in [3.8, 4) is 0 Å². The molecule has 4 heteroatoms. The second-order valence-electron chi connectivity index (χ2n) is 2.11. The third-order valence-electron chi connectivity index (χ3n) is 1.38. The first kappa shape index (κ1) is 8.01. The monoisotopic (exact) mass is 207 g/mol. The molecule has 0 bridgehead atoms. The molecule has 3 nitrogen and oxygen atoms in total. The molecule has 0 saturated carbocycles. The molecule has 0 spiro atoms. The van der Waals surface area contributed by atoms with Crippen LogP contribution in [0.25, 0.3) is 0 Å². The summed E-state index contributed by atoms with van der Waals surface area (Å²) in [5, 5.41) is 1.42. The Balaban J connectivity index is 2.41. The lowest BCUT2D eigenvalue weighted by atomic mass is 10.4. The molecular weight excluding hydrogens is 198 g/mol. The average molecular weight is 208 g/mol. The Hall–Kier alpha value is -0.0900. The molecule has 0 N–H and O–H groups in total. The molecule has 1 amide bonds. The maximum Gasteiger partial charge on any atom is 0.259 e. The van der Waals surface area contributed by atoms with E-state index in [4.69, 9.17) is 4.84 Å². The number of halogens is 1. The fourth-order valence-corrected chi connectivity index (χ4v) is 1.34. The Bertz CT molecular complexity index is 138. The van der Waals surface area contributed by atoms with Gasteiger partial charge in [0.25, 0.3) is 5.91 Å². The second-order valence-corrected chi connectivity index (χ2v) is 3.22. The molecule has 0 aromatic rings. The summed E-state index contributed by atoms with van der Waals surface area (Å²) in [5.74, 6) is 0.0434. The van der Waals surface area contributed by atoms with Crippen LogP contribution in [0.5, 0.6) is 0 Å². The van der Waals surface area contributed by atoms with Crippen molar-refractivity contribution in [1.82, 2.24) is 5.06 Å². The summed E-state index contributed by atoms with van der Waals surface area (Å²) < 4.78 is 0. The van der Waals surface area contributed by atoms with Gasteiger partial charge in [-0.25, -0.2) is 5.06 Å². The molecule has 1 saturated heterocycles. The Kier molecular flexibility index (Phi) is 2.68. The molecule has 0 aliphatic carbocycles. The molecule has 1 atom stereocenters. The van der Waals surface area contributed by atoms with Crippen molar-refractivity contribution in [3.05, 3.63) is 0 Å². The van der Waals surface area contributed by atoms with Gasteiger partial charge in [-0.1, -0.05) is 15.9 Å². The number of hydroxylamine groups is 2. The van der Waals surface area contributed by atoms with Gasteiger partial charge in [-0.3, -0.25) is 9.63 Å². The highest BCUT2D eigenvalue weighted by Gasteiger charge is 2.29. The minimum atomic E-state index is -0.0287. The lowest BCUT2D eigenvalue weighted by Crippen LogP contribution is -2.27. The Labute approximate surface area is 68.4 Å². The summed E-state index contributed by atoms with van der Waals surface area (Å²) in [6, 6.07) is 0. The van der Waals surface area contributed by atoms with Gasteiger partial charge in [0, 0.05) is 0 Å². The quantitative estimate of drug-likeness (QED) is 0.632. The van der Waals surface area contributed by atoms with Crippen LogP contribution in [0, 0.1) is 0 Å². The van der Waals surface area contributed by atoms with Crippen molar-refractivity contribution in [1.29, 1.82) is 0 Å². The van der Waals surface area contributed by atoms with E-state index < -0.39 is 0 Å². The van der Waals surface area contributed by atoms with Gasteiger partial charge in [0.05, 0.1) is 18.0 Å². The van der Waals surface area contributed by atoms with Crippen LogP contribution in [0.3, 0.4) is 0 Å². The smallest absolute Gasteiger partial charge is 0.259 e. The van der Waals surface area contributed by atoms with E-state index in [1.807, 2.05) is 6.92 Å². The molecular formula is C6H10BrNO2. The Morgan fingerprint density at radius 3 is 3.00 bits per heavy atom. The predicted molar refractivity (Wildman–Crippen MR) is 40.7 cm³/mol. The van der Waals surface area contributed by atoms with Gasteiger partial charge >= 0.3 is 0 Å². The van der Waals surface area contributed by atoms with E-state index in [0.717, 1.165) is 6.42 Å². The van der Waals surface area contributed by atoms with E-state index >= 15 is 0 Å². The van der Waals surface area contributed by atoms with Crippen LogP contribution in [-0.2, 0) is 9.63 Å². The predicted octanol–water partition coefficient (Wildman–Crippen LogP) is 0.934. The Morgan fingerprint density at radius 1 is 1.90 bits per heavy atom. The summed E-state index contributed by atoms with van der Waals surface area (Å²) in [6.45, 7) is 3.14. The topological polar surface area (TPSA) is 29.5 Å². The van der Waals surface area contributed by atoms with Gasteiger partial charge in [0.1, 0.15) is 0 Å². The zero-order chi connectivity index (χ0) is 7.56. The molecule has 58 valence electrons. The first-order valence-electron chi connectivity index (χ1n) is 3.34. The molecule has 1 aliphatic heterocycles. The SMILES string of the molecule is CCON1CCC(Br)C1=O. The highest BCUT2D eigenvalue weighted by Crippen LogP contribution is 2.17. The minimum absolute atomic E-state index is 0.0287. The number of hydrogen-bond acceptors (Lipinski definition) is 2. The summed E-state index contributed by atoms with van der Waals surface area (Å²) >= 11 is 3.24. The van der Waals surface area contributed by atoms with E-state index in [0.29, 0.717) is 13.2 Å². The molecule has 0 aromatic carbocycles. The number of alkyl halides is 1. The van der Waals surface area contributed by atoms with Crippen molar-refractivity contribution >= 4 is 21.8 Å². The van der Waals surface area contributed by atoms with E-state index in [-0.39, 0.29) is 10.7 Å². The van der Waals surface area contributed by atoms with Crippen LogP contribution in [-0.4, -0.2) is 28.9 Å². The maximum absolute atomic E-state index is 11.0. The normalized spacial score (nSPS) is 26.0. The first-order chi connectivity index (χ1) is 4.75. The lowest BCUT2D eigenvalue weighted by molar-refractivity contribution is -0.175. The first-order valence-corrected chi connectivity index (χ1v) is 4.25. The molecule has 1 aliphatic rings. The third kappa shape index (κ3) is 1.49. The van der Waals surface area contributed by atoms with Gasteiger partial charge < -0.3 is 0 Å². The molecule has 0 radical (unpaired) electrons. The van der Waals surface area contributed by atoms with Crippen LogP contribution in [0.1, 0.15) is 13.3 Å². The number of carbonyl (C=O) groups excluding carboxylic acids is 1. The molecule has 1 unspecified atom stereocenters. The van der Waals surface area contributed by atoms with Gasteiger partial charge in [0.2, 0.25) is 0 Å². The zero-order valence-corrected chi connectivity index (χ0v) is 7.43. The second kappa shape index (κ2) is 3.34. The van der Waals surface area contributed by atoms with E-state index in [1.54, 1.807) is 0 Å². The summed E-state index contributed by atoms with van der Waals surface area (Å²) in [7, 11) is 0. The van der Waals surface area contributed by atoms with Crippen molar-refractivity contribution in [3.63, 3.8) is 0 Å². The van der Waals surface area contributed by atoms with Crippen molar-refractivity contribution in [2.75, 3.05) is 13.2 Å². The third-order valence-corrected chi connectivity index (χ3v) is 2.23. The number of hydrogen-bond donors (Lipinski definition) is 0. The van der Waals surface area contributed by atoms with E-state index in [1.165, 1.54) is 5.06 Å².